The molecule has 0 saturated carbocycles. The van der Waals surface area contributed by atoms with E-state index < -0.39 is 11.5 Å². The number of hydrogen-bond acceptors (Lipinski definition) is 3. The Bertz CT molecular complexity index is 473. The van der Waals surface area contributed by atoms with Crippen molar-refractivity contribution in [3.05, 3.63) is 29.3 Å². The molecule has 0 amide bonds. The van der Waals surface area contributed by atoms with Gasteiger partial charge in [0.1, 0.15) is 11.3 Å². The molecule has 4 nitrogen and oxygen atoms in total. The van der Waals surface area contributed by atoms with Crippen LogP contribution in [0.3, 0.4) is 0 Å². The van der Waals surface area contributed by atoms with Crippen molar-refractivity contribution in [2.75, 3.05) is 13.2 Å². The molecule has 0 saturated heterocycles. The van der Waals surface area contributed by atoms with E-state index in [2.05, 4.69) is 11.4 Å². The van der Waals surface area contributed by atoms with Gasteiger partial charge in [-0.2, -0.15) is 0 Å². The summed E-state index contributed by atoms with van der Waals surface area (Å²) in [4.78, 5) is 11.4. The Balaban J connectivity index is 2.47. The Morgan fingerprint density at radius 1 is 1.38 bits per heavy atom. The zero-order valence-electron chi connectivity index (χ0n) is 13.5. The highest BCUT2D eigenvalue weighted by atomic mass is 16.5. The van der Waals surface area contributed by atoms with Crippen molar-refractivity contribution in [3.8, 4) is 5.75 Å². The number of nitrogens with one attached hydrogen (secondary N) is 1. The number of rotatable bonds is 9. The molecule has 0 spiro atoms. The van der Waals surface area contributed by atoms with Gasteiger partial charge in [-0.15, -0.1) is 0 Å². The fourth-order valence-electron chi connectivity index (χ4n) is 2.14. The van der Waals surface area contributed by atoms with Gasteiger partial charge in [-0.05, 0) is 63.8 Å². The number of hydrogen-bond donors (Lipinski definition) is 2. The van der Waals surface area contributed by atoms with Crippen LogP contribution in [0.1, 0.15) is 44.2 Å². The molecule has 1 aromatic carbocycles. The molecule has 0 aliphatic rings. The molecule has 4 heteroatoms. The third-order valence-electron chi connectivity index (χ3n) is 3.66. The summed E-state index contributed by atoms with van der Waals surface area (Å²) in [7, 11) is 0. The molecule has 21 heavy (non-hydrogen) atoms. The van der Waals surface area contributed by atoms with Crippen LogP contribution in [0.4, 0.5) is 0 Å². The molecule has 0 aliphatic carbocycles. The maximum atomic E-state index is 11.4. The number of carboxylic acid groups (broad SMARTS) is 1. The van der Waals surface area contributed by atoms with Gasteiger partial charge >= 0.3 is 5.97 Å². The topological polar surface area (TPSA) is 58.6 Å². The molecule has 0 bridgehead atoms. The van der Waals surface area contributed by atoms with Crippen LogP contribution in [0.15, 0.2) is 18.2 Å². The first-order valence-electron chi connectivity index (χ1n) is 7.57. The third kappa shape index (κ3) is 5.38. The van der Waals surface area contributed by atoms with Crippen LogP contribution in [0.5, 0.6) is 5.75 Å². The van der Waals surface area contributed by atoms with Crippen LogP contribution < -0.4 is 10.1 Å². The van der Waals surface area contributed by atoms with Crippen LogP contribution in [0.2, 0.25) is 0 Å². The second kappa shape index (κ2) is 8.03. The smallest absolute Gasteiger partial charge is 0.323 e. The first-order valence-corrected chi connectivity index (χ1v) is 7.57. The highest BCUT2D eigenvalue weighted by molar-refractivity contribution is 5.78. The monoisotopic (exact) mass is 293 g/mol. The summed E-state index contributed by atoms with van der Waals surface area (Å²) in [6, 6.07) is 6.11. The van der Waals surface area contributed by atoms with Gasteiger partial charge in [-0.3, -0.25) is 4.79 Å². The lowest BCUT2D eigenvalue weighted by atomic mass is 9.96. The number of aryl methyl sites for hydroxylation is 2. The summed E-state index contributed by atoms with van der Waals surface area (Å²) < 4.78 is 5.78. The Morgan fingerprint density at radius 3 is 2.71 bits per heavy atom. The van der Waals surface area contributed by atoms with Crippen LogP contribution in [0.25, 0.3) is 0 Å². The second-order valence-corrected chi connectivity index (χ2v) is 5.79. The van der Waals surface area contributed by atoms with Gasteiger partial charge in [-0.1, -0.05) is 19.1 Å². The Kier molecular flexibility index (Phi) is 6.69. The quantitative estimate of drug-likeness (QED) is 0.686. The van der Waals surface area contributed by atoms with E-state index in [-0.39, 0.29) is 0 Å². The van der Waals surface area contributed by atoms with E-state index in [1.165, 1.54) is 0 Å². The summed E-state index contributed by atoms with van der Waals surface area (Å²) >= 11 is 0. The van der Waals surface area contributed by atoms with Gasteiger partial charge in [0.25, 0.3) is 0 Å². The van der Waals surface area contributed by atoms with Gasteiger partial charge < -0.3 is 15.2 Å². The summed E-state index contributed by atoms with van der Waals surface area (Å²) in [5, 5.41) is 12.5. The lowest BCUT2D eigenvalue weighted by Crippen LogP contribution is -2.49. The van der Waals surface area contributed by atoms with Crippen LogP contribution in [-0.4, -0.2) is 29.8 Å². The van der Waals surface area contributed by atoms with Crippen molar-refractivity contribution >= 4 is 5.97 Å². The van der Waals surface area contributed by atoms with E-state index in [1.54, 1.807) is 6.92 Å². The average molecular weight is 293 g/mol. The number of carboxylic acids is 1. The summed E-state index contributed by atoms with van der Waals surface area (Å²) in [5.74, 6) is 0.0798. The van der Waals surface area contributed by atoms with Crippen molar-refractivity contribution in [2.45, 2.75) is 52.5 Å². The maximum Gasteiger partial charge on any atom is 0.323 e. The van der Waals surface area contributed by atoms with Gasteiger partial charge in [0.05, 0.1) is 6.61 Å². The molecule has 118 valence electrons. The zero-order valence-corrected chi connectivity index (χ0v) is 13.5. The normalized spacial score (nSPS) is 13.7. The lowest BCUT2D eigenvalue weighted by Gasteiger charge is -2.26. The Hall–Kier alpha value is -1.55. The Morgan fingerprint density at radius 2 is 2.10 bits per heavy atom. The van der Waals surface area contributed by atoms with Crippen molar-refractivity contribution in [1.82, 2.24) is 5.32 Å². The molecular formula is C17H27NO3. The van der Waals surface area contributed by atoms with Crippen molar-refractivity contribution in [3.63, 3.8) is 0 Å². The highest BCUT2D eigenvalue weighted by Crippen LogP contribution is 2.20. The largest absolute Gasteiger partial charge is 0.493 e. The van der Waals surface area contributed by atoms with Gasteiger partial charge in [0.2, 0.25) is 0 Å². The number of ether oxygens (including phenoxy) is 1. The summed E-state index contributed by atoms with van der Waals surface area (Å²) in [6.07, 6.45) is 2.17. The van der Waals surface area contributed by atoms with Crippen LogP contribution in [-0.2, 0) is 4.79 Å². The fraction of sp³-hybridized carbons (Fsp3) is 0.588. The lowest BCUT2D eigenvalue weighted by molar-refractivity contribution is -0.144. The van der Waals surface area contributed by atoms with Crippen LogP contribution >= 0.6 is 0 Å². The van der Waals surface area contributed by atoms with E-state index in [0.717, 1.165) is 23.3 Å². The predicted octanol–water partition coefficient (Wildman–Crippen LogP) is 3.31. The molecule has 0 radical (unpaired) electrons. The minimum atomic E-state index is -0.874. The highest BCUT2D eigenvalue weighted by Gasteiger charge is 2.31. The first-order chi connectivity index (χ1) is 9.89. The summed E-state index contributed by atoms with van der Waals surface area (Å²) in [5.41, 5.74) is 1.39. The molecule has 1 aromatic rings. The molecule has 1 atom stereocenters. The number of benzene rings is 1. The molecule has 0 heterocycles. The minimum Gasteiger partial charge on any atom is -0.493 e. The molecule has 1 unspecified atom stereocenters. The van der Waals surface area contributed by atoms with Gasteiger partial charge in [0.15, 0.2) is 0 Å². The van der Waals surface area contributed by atoms with Crippen LogP contribution in [0, 0.1) is 13.8 Å². The summed E-state index contributed by atoms with van der Waals surface area (Å²) in [6.45, 7) is 9.05. The minimum absolute atomic E-state index is 0.529. The van der Waals surface area contributed by atoms with Gasteiger partial charge in [0, 0.05) is 0 Å². The maximum absolute atomic E-state index is 11.4. The van der Waals surface area contributed by atoms with Gasteiger partial charge in [-0.25, -0.2) is 0 Å². The fourth-order valence-corrected chi connectivity index (χ4v) is 2.14. The average Bonchev–Trinajstić information content (AvgIpc) is 2.44. The second-order valence-electron chi connectivity index (χ2n) is 5.79. The van der Waals surface area contributed by atoms with E-state index in [1.807, 2.05) is 32.9 Å². The standard InChI is InChI=1S/C17H27NO3/c1-5-10-18-17(4,16(19)20)9-6-11-21-15-12-13(2)7-8-14(15)3/h7-8,12,18H,5-6,9-11H2,1-4H3,(H,19,20). The van der Waals surface area contributed by atoms with E-state index in [9.17, 15) is 9.90 Å². The molecule has 0 fully saturated rings. The zero-order chi connectivity index (χ0) is 15.9. The molecule has 0 aromatic heterocycles. The number of carbonyl (C=O) groups is 1. The van der Waals surface area contributed by atoms with Crippen molar-refractivity contribution in [2.24, 2.45) is 0 Å². The van der Waals surface area contributed by atoms with Crippen molar-refractivity contribution < 1.29 is 14.6 Å². The predicted molar refractivity (Wildman–Crippen MR) is 85.0 cm³/mol. The first kappa shape index (κ1) is 17.5. The molecular weight excluding hydrogens is 266 g/mol. The van der Waals surface area contributed by atoms with E-state index >= 15 is 0 Å². The van der Waals surface area contributed by atoms with Crippen molar-refractivity contribution in [1.29, 1.82) is 0 Å². The SMILES string of the molecule is CCCNC(C)(CCCOc1cc(C)ccc1C)C(=O)O. The molecule has 0 aliphatic heterocycles. The third-order valence-corrected chi connectivity index (χ3v) is 3.66. The van der Waals surface area contributed by atoms with E-state index in [0.29, 0.717) is 26.0 Å². The number of aliphatic carboxylic acids is 1. The molecule has 1 rings (SSSR count). The Labute approximate surface area is 127 Å². The van der Waals surface area contributed by atoms with E-state index in [4.69, 9.17) is 4.74 Å². The molecule has 2 N–H and O–H groups in total.